The van der Waals surface area contributed by atoms with Crippen molar-refractivity contribution < 1.29 is 5.11 Å². The van der Waals surface area contributed by atoms with Gasteiger partial charge in [-0.05, 0) is 18.4 Å². The van der Waals surface area contributed by atoms with Crippen molar-refractivity contribution >= 4 is 0 Å². The molecule has 1 heterocycles. The molecule has 0 radical (unpaired) electrons. The third kappa shape index (κ3) is 1.43. The van der Waals surface area contributed by atoms with Gasteiger partial charge in [-0.3, -0.25) is 0 Å². The first-order valence-electron chi connectivity index (χ1n) is 3.70. The molecule has 1 saturated heterocycles. The molecule has 0 unspecified atom stereocenters. The molecule has 2 heteroatoms. The molecule has 0 amide bonds. The van der Waals surface area contributed by atoms with Crippen molar-refractivity contribution in [2.75, 3.05) is 19.7 Å². The minimum Gasteiger partial charge on any atom is -0.396 e. The van der Waals surface area contributed by atoms with Crippen LogP contribution in [0.5, 0.6) is 0 Å². The zero-order chi connectivity index (χ0) is 6.69. The lowest BCUT2D eigenvalue weighted by molar-refractivity contribution is 0.203. The molecule has 2 nitrogen and oxygen atoms in total. The normalized spacial score (nSPS) is 35.3. The summed E-state index contributed by atoms with van der Waals surface area (Å²) in [5, 5.41) is 12.1. The second-order valence-corrected chi connectivity index (χ2v) is 2.77. The van der Waals surface area contributed by atoms with Gasteiger partial charge in [0, 0.05) is 13.2 Å². The van der Waals surface area contributed by atoms with Crippen LogP contribution in [0.25, 0.3) is 0 Å². The van der Waals surface area contributed by atoms with Crippen LogP contribution >= 0.6 is 0 Å². The van der Waals surface area contributed by atoms with E-state index in [4.69, 9.17) is 5.11 Å². The van der Waals surface area contributed by atoms with E-state index in [1.54, 1.807) is 0 Å². The molecule has 0 bridgehead atoms. The number of rotatable bonds is 2. The Morgan fingerprint density at radius 3 is 2.56 bits per heavy atom. The lowest BCUT2D eigenvalue weighted by Gasteiger charge is -2.12. The molecular formula is C7H15NO. The van der Waals surface area contributed by atoms with E-state index in [2.05, 4.69) is 12.2 Å². The van der Waals surface area contributed by atoms with E-state index >= 15 is 0 Å². The molecule has 54 valence electrons. The number of aliphatic hydroxyl groups is 1. The summed E-state index contributed by atoms with van der Waals surface area (Å²) in [6.07, 6.45) is 1.19. The largest absolute Gasteiger partial charge is 0.396 e. The summed E-state index contributed by atoms with van der Waals surface area (Å²) in [6.45, 7) is 4.64. The highest BCUT2D eigenvalue weighted by molar-refractivity contribution is 4.78. The number of nitrogens with one attached hydrogen (secondary N) is 1. The van der Waals surface area contributed by atoms with Crippen molar-refractivity contribution in [1.82, 2.24) is 5.32 Å². The van der Waals surface area contributed by atoms with Gasteiger partial charge in [0.2, 0.25) is 0 Å². The zero-order valence-corrected chi connectivity index (χ0v) is 5.93. The number of hydrogen-bond donors (Lipinski definition) is 2. The van der Waals surface area contributed by atoms with Gasteiger partial charge in [0.15, 0.2) is 0 Å². The Morgan fingerprint density at radius 2 is 2.11 bits per heavy atom. The average molecular weight is 129 g/mol. The second-order valence-electron chi connectivity index (χ2n) is 2.77. The highest BCUT2D eigenvalue weighted by Gasteiger charge is 2.23. The van der Waals surface area contributed by atoms with E-state index in [-0.39, 0.29) is 0 Å². The minimum atomic E-state index is 0.353. The molecule has 0 aliphatic carbocycles. The Kier molecular flexibility index (Phi) is 2.49. The Labute approximate surface area is 56.3 Å². The molecule has 1 rings (SSSR count). The molecule has 9 heavy (non-hydrogen) atoms. The van der Waals surface area contributed by atoms with Crippen molar-refractivity contribution in [3.8, 4) is 0 Å². The van der Waals surface area contributed by atoms with Crippen LogP contribution in [0.4, 0.5) is 0 Å². The van der Waals surface area contributed by atoms with E-state index in [9.17, 15) is 0 Å². The van der Waals surface area contributed by atoms with Crippen LogP contribution < -0.4 is 5.32 Å². The van der Waals surface area contributed by atoms with Crippen LogP contribution in [0.1, 0.15) is 13.3 Å². The maximum atomic E-state index is 8.83. The lowest BCUT2D eigenvalue weighted by Crippen LogP contribution is -2.15. The van der Waals surface area contributed by atoms with Crippen LogP contribution in [0, 0.1) is 11.8 Å². The summed E-state index contributed by atoms with van der Waals surface area (Å²) in [6, 6.07) is 0. The predicted octanol–water partition coefficient (Wildman–Crippen LogP) is 0.224. The van der Waals surface area contributed by atoms with Gasteiger partial charge in [-0.1, -0.05) is 13.3 Å². The van der Waals surface area contributed by atoms with Gasteiger partial charge < -0.3 is 10.4 Å². The zero-order valence-electron chi connectivity index (χ0n) is 5.93. The summed E-state index contributed by atoms with van der Waals surface area (Å²) < 4.78 is 0. The minimum absolute atomic E-state index is 0.353. The van der Waals surface area contributed by atoms with Crippen LogP contribution in [0.3, 0.4) is 0 Å². The van der Waals surface area contributed by atoms with Gasteiger partial charge >= 0.3 is 0 Å². The van der Waals surface area contributed by atoms with Gasteiger partial charge in [-0.2, -0.15) is 0 Å². The summed E-state index contributed by atoms with van der Waals surface area (Å²) >= 11 is 0. The fourth-order valence-electron chi connectivity index (χ4n) is 1.48. The summed E-state index contributed by atoms with van der Waals surface area (Å²) in [5.74, 6) is 1.24. The van der Waals surface area contributed by atoms with Crippen LogP contribution in [-0.2, 0) is 0 Å². The Morgan fingerprint density at radius 1 is 1.44 bits per heavy atom. The third-order valence-corrected chi connectivity index (χ3v) is 2.24. The van der Waals surface area contributed by atoms with Crippen LogP contribution in [0.15, 0.2) is 0 Å². The molecular weight excluding hydrogens is 114 g/mol. The SMILES string of the molecule is CC[C@@H]1CNC[C@H]1CO. The van der Waals surface area contributed by atoms with E-state index in [0.717, 1.165) is 19.0 Å². The first-order chi connectivity index (χ1) is 4.38. The van der Waals surface area contributed by atoms with Gasteiger partial charge in [-0.25, -0.2) is 0 Å². The Balaban J connectivity index is 2.32. The van der Waals surface area contributed by atoms with Crippen molar-refractivity contribution in [1.29, 1.82) is 0 Å². The van der Waals surface area contributed by atoms with Crippen molar-refractivity contribution in [3.05, 3.63) is 0 Å². The quantitative estimate of drug-likeness (QED) is 0.559. The molecule has 0 saturated carbocycles. The first-order valence-corrected chi connectivity index (χ1v) is 3.70. The lowest BCUT2D eigenvalue weighted by atomic mass is 9.95. The maximum absolute atomic E-state index is 8.83. The van der Waals surface area contributed by atoms with E-state index in [1.165, 1.54) is 6.42 Å². The summed E-state index contributed by atoms with van der Waals surface area (Å²) in [7, 11) is 0. The molecule has 0 aromatic carbocycles. The monoisotopic (exact) mass is 129 g/mol. The Bertz CT molecular complexity index is 75.0. The molecule has 1 fully saturated rings. The van der Waals surface area contributed by atoms with E-state index < -0.39 is 0 Å². The topological polar surface area (TPSA) is 32.3 Å². The smallest absolute Gasteiger partial charge is 0.0474 e. The number of aliphatic hydroxyl groups excluding tert-OH is 1. The fraction of sp³-hybridized carbons (Fsp3) is 1.00. The highest BCUT2D eigenvalue weighted by Crippen LogP contribution is 2.18. The first kappa shape index (κ1) is 7.03. The highest BCUT2D eigenvalue weighted by atomic mass is 16.3. The summed E-state index contributed by atoms with van der Waals surface area (Å²) in [5.41, 5.74) is 0. The molecule has 2 N–H and O–H groups in total. The standard InChI is InChI=1S/C7H15NO/c1-2-6-3-8-4-7(6)5-9/h6-9H,2-5H2,1H3/t6-,7+/m1/s1. The fourth-order valence-corrected chi connectivity index (χ4v) is 1.48. The molecule has 0 aromatic heterocycles. The summed E-state index contributed by atoms with van der Waals surface area (Å²) in [4.78, 5) is 0. The van der Waals surface area contributed by atoms with Gasteiger partial charge in [0.25, 0.3) is 0 Å². The molecule has 2 atom stereocenters. The van der Waals surface area contributed by atoms with Crippen molar-refractivity contribution in [3.63, 3.8) is 0 Å². The van der Waals surface area contributed by atoms with E-state index in [1.807, 2.05) is 0 Å². The molecule has 0 spiro atoms. The van der Waals surface area contributed by atoms with Gasteiger partial charge in [-0.15, -0.1) is 0 Å². The van der Waals surface area contributed by atoms with Crippen molar-refractivity contribution in [2.45, 2.75) is 13.3 Å². The predicted molar refractivity (Wildman–Crippen MR) is 37.2 cm³/mol. The van der Waals surface area contributed by atoms with Crippen molar-refractivity contribution in [2.24, 2.45) is 11.8 Å². The third-order valence-electron chi connectivity index (χ3n) is 2.24. The maximum Gasteiger partial charge on any atom is 0.0474 e. The van der Waals surface area contributed by atoms with Crippen LogP contribution in [0.2, 0.25) is 0 Å². The average Bonchev–Trinajstić information content (AvgIpc) is 2.33. The second kappa shape index (κ2) is 3.18. The van der Waals surface area contributed by atoms with Gasteiger partial charge in [0.05, 0.1) is 0 Å². The molecule has 0 aromatic rings. The Hall–Kier alpha value is -0.0800. The van der Waals surface area contributed by atoms with E-state index in [0.29, 0.717) is 12.5 Å². The number of hydrogen-bond acceptors (Lipinski definition) is 2. The molecule has 1 aliphatic heterocycles. The van der Waals surface area contributed by atoms with Crippen LogP contribution in [-0.4, -0.2) is 24.8 Å². The van der Waals surface area contributed by atoms with Gasteiger partial charge in [0.1, 0.15) is 0 Å². The molecule has 1 aliphatic rings.